The van der Waals surface area contributed by atoms with E-state index in [1.165, 1.54) is 12.1 Å². The first-order chi connectivity index (χ1) is 12.7. The van der Waals surface area contributed by atoms with E-state index in [1.54, 1.807) is 6.07 Å². The lowest BCUT2D eigenvalue weighted by Crippen LogP contribution is -2.08. The molecule has 0 bridgehead atoms. The van der Waals surface area contributed by atoms with E-state index in [-0.39, 0.29) is 12.4 Å². The maximum Gasteiger partial charge on any atom is 0.225 e. The second-order valence-corrected chi connectivity index (χ2v) is 6.44. The fourth-order valence-corrected chi connectivity index (χ4v) is 2.81. The Morgan fingerprint density at radius 2 is 1.85 bits per heavy atom. The predicted molar refractivity (Wildman–Crippen MR) is 105 cm³/mol. The van der Waals surface area contributed by atoms with Crippen molar-refractivity contribution in [2.45, 2.75) is 6.42 Å². The van der Waals surface area contributed by atoms with Crippen LogP contribution in [0.2, 0.25) is 0 Å². The van der Waals surface area contributed by atoms with Crippen molar-refractivity contribution in [3.63, 3.8) is 0 Å². The minimum absolute atomic E-state index is 0.0962. The van der Waals surface area contributed by atoms with Gasteiger partial charge in [0.25, 0.3) is 0 Å². The third kappa shape index (κ3) is 4.77. The molecule has 2 aromatic carbocycles. The van der Waals surface area contributed by atoms with Gasteiger partial charge in [-0.25, -0.2) is 9.37 Å². The molecule has 0 aliphatic heterocycles. The van der Waals surface area contributed by atoms with Gasteiger partial charge in [-0.1, -0.05) is 30.3 Å². The van der Waals surface area contributed by atoms with Crippen molar-refractivity contribution in [1.29, 1.82) is 0 Å². The lowest BCUT2D eigenvalue weighted by atomic mass is 10.1. The topological polar surface area (TPSA) is 70.1 Å². The smallest absolute Gasteiger partial charge is 0.225 e. The van der Waals surface area contributed by atoms with E-state index in [2.05, 4.69) is 36.5 Å². The highest BCUT2D eigenvalue weighted by molar-refractivity contribution is 9.10. The Labute approximate surface area is 159 Å². The normalized spacial score (nSPS) is 10.6. The Balaban J connectivity index is 1.93. The van der Waals surface area contributed by atoms with Crippen LogP contribution in [-0.2, 0) is 0 Å². The van der Waals surface area contributed by atoms with Crippen LogP contribution >= 0.6 is 15.9 Å². The number of halogens is 2. The first-order valence-electron chi connectivity index (χ1n) is 8.17. The van der Waals surface area contributed by atoms with E-state index >= 15 is 0 Å². The third-order valence-electron chi connectivity index (χ3n) is 3.61. The van der Waals surface area contributed by atoms with Crippen LogP contribution < -0.4 is 10.6 Å². The van der Waals surface area contributed by atoms with E-state index in [0.717, 1.165) is 11.3 Å². The molecule has 0 aliphatic rings. The molecule has 3 aromatic rings. The van der Waals surface area contributed by atoms with Crippen molar-refractivity contribution in [2.24, 2.45) is 0 Å². The van der Waals surface area contributed by atoms with Crippen LogP contribution in [0.3, 0.4) is 0 Å². The quantitative estimate of drug-likeness (QED) is 0.491. The van der Waals surface area contributed by atoms with E-state index in [9.17, 15) is 4.39 Å². The highest BCUT2D eigenvalue weighted by Gasteiger charge is 2.09. The lowest BCUT2D eigenvalue weighted by molar-refractivity contribution is 0.292. The summed E-state index contributed by atoms with van der Waals surface area (Å²) in [6, 6.07) is 16.0. The highest BCUT2D eigenvalue weighted by atomic mass is 79.9. The second kappa shape index (κ2) is 8.73. The Morgan fingerprint density at radius 1 is 1.04 bits per heavy atom. The molecule has 1 aromatic heterocycles. The molecule has 0 spiro atoms. The van der Waals surface area contributed by atoms with Crippen molar-refractivity contribution >= 4 is 33.4 Å². The monoisotopic (exact) mass is 416 g/mol. The summed E-state index contributed by atoms with van der Waals surface area (Å²) in [4.78, 5) is 9.00. The molecule has 0 aliphatic carbocycles. The summed E-state index contributed by atoms with van der Waals surface area (Å²) in [6.45, 7) is 0.660. The van der Waals surface area contributed by atoms with Crippen molar-refractivity contribution in [1.82, 2.24) is 9.97 Å². The summed E-state index contributed by atoms with van der Waals surface area (Å²) in [5, 5.41) is 15.2. The number of anilines is 3. The molecule has 0 saturated heterocycles. The zero-order valence-electron chi connectivity index (χ0n) is 13.9. The minimum atomic E-state index is -0.318. The molecule has 3 rings (SSSR count). The molecular formula is C19H18BrFN4O. The zero-order chi connectivity index (χ0) is 18.4. The number of hydrogen-bond acceptors (Lipinski definition) is 5. The SMILES string of the molecule is OCCCNc1nc(Nc2ccc(F)cc2Br)cc(-c2ccccc2)n1. The van der Waals surface area contributed by atoms with E-state index in [4.69, 9.17) is 5.11 Å². The van der Waals surface area contributed by atoms with Crippen LogP contribution in [-0.4, -0.2) is 28.2 Å². The van der Waals surface area contributed by atoms with Gasteiger partial charge >= 0.3 is 0 Å². The molecule has 0 fully saturated rings. The summed E-state index contributed by atoms with van der Waals surface area (Å²) in [6.07, 6.45) is 0.602. The first kappa shape index (κ1) is 18.3. The summed E-state index contributed by atoms with van der Waals surface area (Å²) in [7, 11) is 0. The van der Waals surface area contributed by atoms with E-state index in [1.807, 2.05) is 36.4 Å². The lowest BCUT2D eigenvalue weighted by Gasteiger charge is -2.12. The summed E-state index contributed by atoms with van der Waals surface area (Å²) >= 11 is 3.35. The Kier molecular flexibility index (Phi) is 6.14. The largest absolute Gasteiger partial charge is 0.396 e. The number of rotatable bonds is 7. The number of aliphatic hydroxyl groups is 1. The summed E-state index contributed by atoms with van der Waals surface area (Å²) in [5.41, 5.74) is 2.42. The van der Waals surface area contributed by atoms with Crippen molar-refractivity contribution < 1.29 is 9.50 Å². The third-order valence-corrected chi connectivity index (χ3v) is 4.26. The highest BCUT2D eigenvalue weighted by Crippen LogP contribution is 2.28. The van der Waals surface area contributed by atoms with Gasteiger partial charge in [0.1, 0.15) is 11.6 Å². The Morgan fingerprint density at radius 3 is 2.58 bits per heavy atom. The first-order valence-corrected chi connectivity index (χ1v) is 8.96. The van der Waals surface area contributed by atoms with Crippen molar-refractivity contribution in [3.8, 4) is 11.3 Å². The van der Waals surface area contributed by atoms with Gasteiger partial charge in [0.05, 0.1) is 11.4 Å². The average molecular weight is 417 g/mol. The minimum Gasteiger partial charge on any atom is -0.396 e. The van der Waals surface area contributed by atoms with Gasteiger partial charge in [-0.3, -0.25) is 0 Å². The number of nitrogens with one attached hydrogen (secondary N) is 2. The van der Waals surface area contributed by atoms with Gasteiger partial charge < -0.3 is 15.7 Å². The van der Waals surface area contributed by atoms with Gasteiger partial charge in [-0.05, 0) is 40.5 Å². The number of aromatic nitrogens is 2. The fourth-order valence-electron chi connectivity index (χ4n) is 2.36. The van der Waals surface area contributed by atoms with Crippen LogP contribution in [0.1, 0.15) is 6.42 Å². The average Bonchev–Trinajstić information content (AvgIpc) is 2.65. The fraction of sp³-hybridized carbons (Fsp3) is 0.158. The predicted octanol–water partition coefficient (Wildman–Crippen LogP) is 4.58. The van der Waals surface area contributed by atoms with Gasteiger partial charge in [-0.2, -0.15) is 4.98 Å². The maximum absolute atomic E-state index is 13.3. The standard InChI is InChI=1S/C19H18BrFN4O/c20-15-11-14(21)7-8-16(15)23-18-12-17(13-5-2-1-3-6-13)24-19(25-18)22-9-4-10-26/h1-3,5-8,11-12,26H,4,9-10H2,(H2,22,23,24,25). The van der Waals surface area contributed by atoms with Crippen LogP contribution in [0, 0.1) is 5.82 Å². The van der Waals surface area contributed by atoms with Crippen LogP contribution in [0.5, 0.6) is 0 Å². The van der Waals surface area contributed by atoms with Gasteiger partial charge in [0.2, 0.25) is 5.95 Å². The molecule has 26 heavy (non-hydrogen) atoms. The molecule has 0 unspecified atom stereocenters. The molecular weight excluding hydrogens is 399 g/mol. The molecule has 1 heterocycles. The number of hydrogen-bond donors (Lipinski definition) is 3. The summed E-state index contributed by atoms with van der Waals surface area (Å²) < 4.78 is 13.9. The molecule has 7 heteroatoms. The molecule has 0 atom stereocenters. The second-order valence-electron chi connectivity index (χ2n) is 5.58. The number of nitrogens with zero attached hydrogens (tertiary/aromatic N) is 2. The molecule has 0 radical (unpaired) electrons. The van der Waals surface area contributed by atoms with Crippen LogP contribution in [0.15, 0.2) is 59.1 Å². The zero-order valence-corrected chi connectivity index (χ0v) is 15.5. The van der Waals surface area contributed by atoms with Crippen molar-refractivity contribution in [3.05, 3.63) is 64.9 Å². The van der Waals surface area contributed by atoms with Crippen LogP contribution in [0.4, 0.5) is 21.8 Å². The van der Waals surface area contributed by atoms with Crippen molar-refractivity contribution in [2.75, 3.05) is 23.8 Å². The van der Waals surface area contributed by atoms with Gasteiger partial charge in [-0.15, -0.1) is 0 Å². The Hall–Kier alpha value is -2.51. The van der Waals surface area contributed by atoms with Crippen LogP contribution in [0.25, 0.3) is 11.3 Å². The molecule has 0 saturated carbocycles. The maximum atomic E-state index is 13.3. The molecule has 0 amide bonds. The Bertz CT molecular complexity index is 877. The molecule has 3 N–H and O–H groups in total. The van der Waals surface area contributed by atoms with E-state index < -0.39 is 0 Å². The van der Waals surface area contributed by atoms with Gasteiger partial charge in [0, 0.05) is 29.3 Å². The number of benzene rings is 2. The molecule has 134 valence electrons. The van der Waals surface area contributed by atoms with Gasteiger partial charge in [0.15, 0.2) is 0 Å². The van der Waals surface area contributed by atoms with E-state index in [0.29, 0.717) is 34.9 Å². The summed E-state index contributed by atoms with van der Waals surface area (Å²) in [5.74, 6) is 0.722. The number of aliphatic hydroxyl groups excluding tert-OH is 1. The molecule has 5 nitrogen and oxygen atoms in total.